The number of carbonyl (C=O) groups is 2. The summed E-state index contributed by atoms with van der Waals surface area (Å²) in [6.45, 7) is 7.77. The van der Waals surface area contributed by atoms with Gasteiger partial charge in [0.15, 0.2) is 22.9 Å². The standard InChI is InChI=1S/C26H28N4O7S.C24H23N3O7/c1-3-36-26(31)25-21(16-34-2)24-20-14-18(6-9-22(20)28-23(24)15-27-25)37-17-4-7-19(8-5-17)38(32,33)29-30-10-12-35-13-11-30;1-13(2)33-24(28)23-17(12-31-3)22-16-10-15(6-7-18(16)26-19(22)11-25-23)34-20-8-5-14(27(29)30)9-21(20)32-4/h4-9,14-15,28-29H,3,10-13,16H2,1-2H3;5-11,13,26H,12H2,1-4H3. The molecular formula is C50H51N7O14S. The largest absolute Gasteiger partial charge is 0.493 e. The summed E-state index contributed by atoms with van der Waals surface area (Å²) in [6.07, 6.45) is 2.90. The molecule has 72 heavy (non-hydrogen) atoms. The normalized spacial score (nSPS) is 13.0. The number of pyridine rings is 2. The van der Waals surface area contributed by atoms with Crippen molar-refractivity contribution >= 4 is 71.3 Å². The Bertz CT molecular complexity index is 3410. The van der Waals surface area contributed by atoms with E-state index in [1.807, 2.05) is 24.3 Å². The van der Waals surface area contributed by atoms with Gasteiger partial charge in [0.1, 0.15) is 17.2 Å². The minimum Gasteiger partial charge on any atom is -0.493 e. The van der Waals surface area contributed by atoms with E-state index in [0.717, 1.165) is 43.6 Å². The van der Waals surface area contributed by atoms with Crippen LogP contribution in [0.4, 0.5) is 5.69 Å². The number of aromatic amines is 2. The van der Waals surface area contributed by atoms with E-state index >= 15 is 0 Å². The maximum Gasteiger partial charge on any atom is 0.357 e. The van der Waals surface area contributed by atoms with E-state index in [9.17, 15) is 28.1 Å². The molecule has 0 unspecified atom stereocenters. The van der Waals surface area contributed by atoms with Crippen molar-refractivity contribution in [2.75, 3.05) is 54.2 Å². The summed E-state index contributed by atoms with van der Waals surface area (Å²) in [7, 11) is 0.793. The quantitative estimate of drug-likeness (QED) is 0.0439. The number of methoxy groups -OCH3 is 3. The van der Waals surface area contributed by atoms with Crippen LogP contribution in [0.25, 0.3) is 43.6 Å². The summed E-state index contributed by atoms with van der Waals surface area (Å²) >= 11 is 0. The van der Waals surface area contributed by atoms with Crippen LogP contribution in [-0.4, -0.2) is 111 Å². The van der Waals surface area contributed by atoms with E-state index in [1.165, 1.54) is 37.4 Å². The summed E-state index contributed by atoms with van der Waals surface area (Å²) in [5, 5.41) is 15.9. The molecule has 1 aliphatic heterocycles. The summed E-state index contributed by atoms with van der Waals surface area (Å²) in [4.78, 5) is 53.7. The zero-order valence-electron chi connectivity index (χ0n) is 40.1. The lowest BCUT2D eigenvalue weighted by Gasteiger charge is -2.26. The van der Waals surface area contributed by atoms with E-state index in [-0.39, 0.29) is 53.6 Å². The van der Waals surface area contributed by atoms with Crippen molar-refractivity contribution in [3.8, 4) is 28.7 Å². The van der Waals surface area contributed by atoms with Gasteiger partial charge >= 0.3 is 11.9 Å². The van der Waals surface area contributed by atoms with E-state index in [1.54, 1.807) is 76.7 Å². The first kappa shape index (κ1) is 50.7. The van der Waals surface area contributed by atoms with Crippen molar-refractivity contribution in [3.63, 3.8) is 0 Å². The summed E-state index contributed by atoms with van der Waals surface area (Å²) < 4.78 is 69.3. The number of hydrogen-bond acceptors (Lipinski definition) is 17. The van der Waals surface area contributed by atoms with E-state index in [0.29, 0.717) is 60.4 Å². The Morgan fingerprint density at radius 1 is 0.750 bits per heavy atom. The highest BCUT2D eigenvalue weighted by molar-refractivity contribution is 7.89. The molecule has 22 heteroatoms. The lowest BCUT2D eigenvalue weighted by Crippen LogP contribution is -2.48. The van der Waals surface area contributed by atoms with Crippen molar-refractivity contribution in [3.05, 3.63) is 124 Å². The number of carbonyl (C=O) groups excluding carboxylic acids is 2. The maximum absolute atomic E-state index is 12.7. The second kappa shape index (κ2) is 22.1. The Balaban J connectivity index is 0.000000194. The first-order valence-electron chi connectivity index (χ1n) is 22.6. The third-order valence-electron chi connectivity index (χ3n) is 11.2. The number of fused-ring (bicyclic) bond motifs is 6. The van der Waals surface area contributed by atoms with Gasteiger partial charge in [-0.1, -0.05) is 0 Å². The van der Waals surface area contributed by atoms with Crippen LogP contribution in [0.3, 0.4) is 0 Å². The number of aromatic nitrogens is 4. The van der Waals surface area contributed by atoms with Gasteiger partial charge in [-0.15, -0.1) is 4.83 Å². The Labute approximate surface area is 412 Å². The zero-order chi connectivity index (χ0) is 51.1. The molecule has 0 amide bonds. The third kappa shape index (κ3) is 11.1. The molecule has 9 rings (SSSR count). The second-order valence-corrected chi connectivity index (χ2v) is 18.1. The topological polar surface area (TPSA) is 258 Å². The number of ether oxygens (including phenoxy) is 8. The van der Waals surface area contributed by atoms with Gasteiger partial charge in [-0.05, 0) is 87.5 Å². The van der Waals surface area contributed by atoms with Crippen molar-refractivity contribution in [2.24, 2.45) is 0 Å². The van der Waals surface area contributed by atoms with E-state index in [2.05, 4.69) is 24.8 Å². The Kier molecular flexibility index (Phi) is 15.6. The van der Waals surface area contributed by atoms with Gasteiger partial charge < -0.3 is 47.9 Å². The minimum atomic E-state index is -3.72. The highest BCUT2D eigenvalue weighted by Gasteiger charge is 2.24. The van der Waals surface area contributed by atoms with Gasteiger partial charge in [-0.3, -0.25) is 10.1 Å². The fraction of sp³-hybridized carbons (Fsp3) is 0.280. The van der Waals surface area contributed by atoms with Crippen molar-refractivity contribution in [2.45, 2.75) is 45.0 Å². The molecule has 1 aliphatic rings. The molecule has 0 saturated carbocycles. The van der Waals surface area contributed by atoms with Gasteiger partial charge in [-0.2, -0.15) is 0 Å². The molecule has 3 N–H and O–H groups in total. The van der Waals surface area contributed by atoms with Gasteiger partial charge in [0.2, 0.25) is 0 Å². The number of nitrogens with zero attached hydrogens (tertiary/aromatic N) is 4. The number of nitro groups is 1. The number of hydrazine groups is 1. The highest BCUT2D eigenvalue weighted by Crippen LogP contribution is 2.39. The number of hydrogen-bond donors (Lipinski definition) is 3. The highest BCUT2D eigenvalue weighted by atomic mass is 32.2. The predicted molar refractivity (Wildman–Crippen MR) is 264 cm³/mol. The van der Waals surface area contributed by atoms with Crippen molar-refractivity contribution in [1.29, 1.82) is 0 Å². The first-order valence-corrected chi connectivity index (χ1v) is 24.1. The first-order chi connectivity index (χ1) is 34.7. The molecular weight excluding hydrogens is 955 g/mol. The zero-order valence-corrected chi connectivity index (χ0v) is 40.9. The maximum atomic E-state index is 12.7. The van der Waals surface area contributed by atoms with Gasteiger partial charge in [0.25, 0.3) is 15.7 Å². The summed E-state index contributed by atoms with van der Waals surface area (Å²) in [5.74, 6) is 1.01. The number of H-pyrrole nitrogens is 2. The fourth-order valence-electron chi connectivity index (χ4n) is 8.08. The average Bonchev–Trinajstić information content (AvgIpc) is 3.93. The average molecular weight is 1010 g/mol. The molecule has 8 aromatic rings. The van der Waals surface area contributed by atoms with Crippen LogP contribution < -0.4 is 19.0 Å². The molecule has 1 fully saturated rings. The molecule has 0 atom stereocenters. The number of nitrogens with one attached hydrogen (secondary N) is 3. The van der Waals surface area contributed by atoms with Crippen LogP contribution in [0, 0.1) is 10.1 Å². The third-order valence-corrected chi connectivity index (χ3v) is 12.6. The molecule has 0 radical (unpaired) electrons. The van der Waals surface area contributed by atoms with Crippen LogP contribution >= 0.6 is 0 Å². The molecule has 4 aromatic heterocycles. The molecule has 376 valence electrons. The fourth-order valence-corrected chi connectivity index (χ4v) is 9.20. The Morgan fingerprint density at radius 3 is 1.83 bits per heavy atom. The molecule has 4 aromatic carbocycles. The molecule has 0 bridgehead atoms. The monoisotopic (exact) mass is 1010 g/mol. The Hall–Kier alpha value is -7.73. The van der Waals surface area contributed by atoms with Crippen LogP contribution in [-0.2, 0) is 46.9 Å². The smallest absolute Gasteiger partial charge is 0.357 e. The van der Waals surface area contributed by atoms with E-state index < -0.39 is 26.9 Å². The minimum absolute atomic E-state index is 0.103. The van der Waals surface area contributed by atoms with Crippen LogP contribution in [0.15, 0.2) is 96.2 Å². The molecule has 5 heterocycles. The SMILES string of the molecule is CCOC(=O)c1ncc2[nH]c3ccc(Oc4ccc(S(=O)(=O)NN5CCOCC5)cc4)cc3c2c1COC.COCc1c(C(=O)OC(C)C)ncc2[nH]c3ccc(Oc4ccc([N+](=O)[O-])cc4OC)cc3c12. The molecule has 1 saturated heterocycles. The molecule has 21 nitrogen and oxygen atoms in total. The van der Waals surface area contributed by atoms with Gasteiger partial charge in [-0.25, -0.2) is 33.0 Å². The number of morpholine rings is 1. The van der Waals surface area contributed by atoms with E-state index in [4.69, 9.17) is 37.9 Å². The number of benzene rings is 4. The number of esters is 2. The lowest BCUT2D eigenvalue weighted by molar-refractivity contribution is -0.384. The molecule has 0 aliphatic carbocycles. The Morgan fingerprint density at radius 2 is 1.31 bits per heavy atom. The lowest BCUT2D eigenvalue weighted by atomic mass is 10.1. The number of sulfonamides is 1. The summed E-state index contributed by atoms with van der Waals surface area (Å²) in [5.41, 5.74) is 4.63. The van der Waals surface area contributed by atoms with Gasteiger partial charge in [0, 0.05) is 77.1 Å². The summed E-state index contributed by atoms with van der Waals surface area (Å²) in [6, 6.07) is 21.3. The number of non-ortho nitro benzene ring substituents is 1. The van der Waals surface area contributed by atoms with Crippen LogP contribution in [0.1, 0.15) is 52.9 Å². The second-order valence-electron chi connectivity index (χ2n) is 16.4. The number of rotatable bonds is 17. The van der Waals surface area contributed by atoms with Crippen LogP contribution in [0.5, 0.6) is 28.7 Å². The van der Waals surface area contributed by atoms with Crippen molar-refractivity contribution < 1.29 is 60.8 Å². The van der Waals surface area contributed by atoms with Crippen molar-refractivity contribution in [1.82, 2.24) is 29.8 Å². The van der Waals surface area contributed by atoms with Crippen LogP contribution in [0.2, 0.25) is 0 Å². The molecule has 0 spiro atoms. The number of nitro benzene ring substituents is 1. The van der Waals surface area contributed by atoms with Gasteiger partial charge in [0.05, 0.1) is 85.6 Å². The predicted octanol–water partition coefficient (Wildman–Crippen LogP) is 8.49.